The second-order valence-electron chi connectivity index (χ2n) is 5.53. The van der Waals surface area contributed by atoms with Gasteiger partial charge in [-0.1, -0.05) is 23.9 Å². The van der Waals surface area contributed by atoms with Crippen molar-refractivity contribution in [3.05, 3.63) is 65.4 Å². The summed E-state index contributed by atoms with van der Waals surface area (Å²) < 4.78 is 34.3. The number of aryl methyl sites for hydroxylation is 1. The summed E-state index contributed by atoms with van der Waals surface area (Å²) in [5.41, 5.74) is 5.44. The van der Waals surface area contributed by atoms with Crippen LogP contribution < -0.4 is 5.73 Å². The minimum Gasteiger partial charge on any atom is -0.467 e. The molecule has 2 aromatic heterocycles. The lowest BCUT2D eigenvalue weighted by Crippen LogP contribution is -2.14. The molecule has 2 heterocycles. The van der Waals surface area contributed by atoms with Crippen LogP contribution in [0, 0.1) is 11.6 Å². The Morgan fingerprint density at radius 2 is 2.08 bits per heavy atom. The highest BCUT2D eigenvalue weighted by Gasteiger charge is 2.16. The third kappa shape index (κ3) is 4.29. The van der Waals surface area contributed by atoms with E-state index in [1.165, 1.54) is 23.9 Å². The predicted molar refractivity (Wildman–Crippen MR) is 91.3 cm³/mol. The Hall–Kier alpha value is -2.68. The number of carbonyl (C=O) groups excluding carboxylic acids is 1. The van der Waals surface area contributed by atoms with Crippen LogP contribution in [0.1, 0.15) is 23.6 Å². The van der Waals surface area contributed by atoms with Crippen LogP contribution in [0.5, 0.6) is 0 Å². The predicted octanol–water partition coefficient (Wildman–Crippen LogP) is 2.91. The van der Waals surface area contributed by atoms with Gasteiger partial charge in [0.15, 0.2) is 16.8 Å². The molecular formula is C17H16F2N4O2S. The SMILES string of the molecule is NC(=O)CCc1nnc(SCc2cccc(F)c2F)n1Cc1ccco1. The molecule has 0 saturated carbocycles. The number of benzene rings is 1. The Morgan fingerprint density at radius 3 is 2.81 bits per heavy atom. The fourth-order valence-electron chi connectivity index (χ4n) is 2.37. The molecule has 136 valence electrons. The smallest absolute Gasteiger partial charge is 0.217 e. The Kier molecular flexibility index (Phi) is 5.67. The van der Waals surface area contributed by atoms with Crippen LogP contribution >= 0.6 is 11.8 Å². The van der Waals surface area contributed by atoms with Gasteiger partial charge in [-0.25, -0.2) is 8.78 Å². The Bertz CT molecular complexity index is 896. The molecule has 6 nitrogen and oxygen atoms in total. The summed E-state index contributed by atoms with van der Waals surface area (Å²) in [5.74, 6) is -0.747. The van der Waals surface area contributed by atoms with Crippen LogP contribution in [-0.4, -0.2) is 20.7 Å². The zero-order valence-corrected chi connectivity index (χ0v) is 14.5. The number of carbonyl (C=O) groups is 1. The van der Waals surface area contributed by atoms with Crippen LogP contribution in [-0.2, 0) is 23.5 Å². The number of nitrogens with two attached hydrogens (primary N) is 1. The largest absolute Gasteiger partial charge is 0.467 e. The maximum absolute atomic E-state index is 13.8. The summed E-state index contributed by atoms with van der Waals surface area (Å²) in [6.07, 6.45) is 2.02. The molecule has 0 saturated heterocycles. The molecule has 0 spiro atoms. The van der Waals surface area contributed by atoms with E-state index in [0.717, 1.165) is 6.07 Å². The summed E-state index contributed by atoms with van der Waals surface area (Å²) in [6, 6.07) is 7.62. The van der Waals surface area contributed by atoms with E-state index in [1.54, 1.807) is 23.0 Å². The quantitative estimate of drug-likeness (QED) is 0.609. The Balaban J connectivity index is 1.81. The lowest BCUT2D eigenvalue weighted by molar-refractivity contribution is -0.118. The Morgan fingerprint density at radius 1 is 1.23 bits per heavy atom. The van der Waals surface area contributed by atoms with Crippen LogP contribution in [0.15, 0.2) is 46.2 Å². The van der Waals surface area contributed by atoms with Gasteiger partial charge in [-0.05, 0) is 18.2 Å². The fourth-order valence-corrected chi connectivity index (χ4v) is 3.30. The highest BCUT2D eigenvalue weighted by Crippen LogP contribution is 2.25. The zero-order valence-electron chi connectivity index (χ0n) is 13.7. The number of furan rings is 1. The number of nitrogens with zero attached hydrogens (tertiary/aromatic N) is 3. The number of aromatic nitrogens is 3. The van der Waals surface area contributed by atoms with E-state index in [-0.39, 0.29) is 17.7 Å². The molecule has 0 bridgehead atoms. The van der Waals surface area contributed by atoms with E-state index in [1.807, 2.05) is 0 Å². The molecule has 2 N–H and O–H groups in total. The molecule has 26 heavy (non-hydrogen) atoms. The average Bonchev–Trinajstić information content (AvgIpc) is 3.25. The first-order valence-corrected chi connectivity index (χ1v) is 8.81. The van der Waals surface area contributed by atoms with Gasteiger partial charge in [-0.2, -0.15) is 0 Å². The second-order valence-corrected chi connectivity index (χ2v) is 6.47. The minimum atomic E-state index is -0.887. The second kappa shape index (κ2) is 8.13. The number of amides is 1. The number of halogens is 2. The van der Waals surface area contributed by atoms with Crippen molar-refractivity contribution in [3.63, 3.8) is 0 Å². The van der Waals surface area contributed by atoms with Crippen molar-refractivity contribution in [1.29, 1.82) is 0 Å². The maximum Gasteiger partial charge on any atom is 0.217 e. The van der Waals surface area contributed by atoms with Crippen LogP contribution in [0.2, 0.25) is 0 Å². The highest BCUT2D eigenvalue weighted by molar-refractivity contribution is 7.98. The molecule has 3 rings (SSSR count). The molecule has 0 radical (unpaired) electrons. The minimum absolute atomic E-state index is 0.138. The molecule has 0 fully saturated rings. The van der Waals surface area contributed by atoms with Gasteiger partial charge in [0, 0.05) is 24.2 Å². The van der Waals surface area contributed by atoms with Crippen molar-refractivity contribution in [2.45, 2.75) is 30.3 Å². The van der Waals surface area contributed by atoms with E-state index in [2.05, 4.69) is 10.2 Å². The maximum atomic E-state index is 13.8. The van der Waals surface area contributed by atoms with Gasteiger partial charge in [-0.15, -0.1) is 10.2 Å². The van der Waals surface area contributed by atoms with Gasteiger partial charge in [0.25, 0.3) is 0 Å². The normalized spacial score (nSPS) is 11.0. The monoisotopic (exact) mass is 378 g/mol. The Labute approximate surface area is 152 Å². The first-order valence-electron chi connectivity index (χ1n) is 7.83. The summed E-state index contributed by atoms with van der Waals surface area (Å²) in [4.78, 5) is 11.1. The van der Waals surface area contributed by atoms with Crippen LogP contribution in [0.25, 0.3) is 0 Å². The van der Waals surface area contributed by atoms with E-state index in [0.29, 0.717) is 29.7 Å². The summed E-state index contributed by atoms with van der Waals surface area (Å²) in [7, 11) is 0. The molecule has 0 aliphatic carbocycles. The molecule has 0 aliphatic rings. The molecule has 9 heteroatoms. The molecule has 0 aliphatic heterocycles. The molecule has 3 aromatic rings. The lowest BCUT2D eigenvalue weighted by Gasteiger charge is -2.09. The topological polar surface area (TPSA) is 86.9 Å². The standard InChI is InChI=1S/C17H16F2N4O2S/c18-13-5-1-3-11(16(13)19)10-26-17-22-21-15(7-6-14(20)24)23(17)9-12-4-2-8-25-12/h1-5,8H,6-7,9-10H2,(H2,20,24). The molecular weight excluding hydrogens is 362 g/mol. The molecule has 1 amide bonds. The van der Waals surface area contributed by atoms with E-state index < -0.39 is 17.5 Å². The van der Waals surface area contributed by atoms with E-state index in [4.69, 9.17) is 10.2 Å². The third-order valence-electron chi connectivity index (χ3n) is 3.67. The van der Waals surface area contributed by atoms with Crippen LogP contribution in [0.4, 0.5) is 8.78 Å². The van der Waals surface area contributed by atoms with Gasteiger partial charge in [-0.3, -0.25) is 9.36 Å². The first-order chi connectivity index (χ1) is 12.5. The van der Waals surface area contributed by atoms with Crippen molar-refractivity contribution in [2.24, 2.45) is 5.73 Å². The van der Waals surface area contributed by atoms with E-state index in [9.17, 15) is 13.6 Å². The zero-order chi connectivity index (χ0) is 18.5. The van der Waals surface area contributed by atoms with Crippen molar-refractivity contribution in [3.8, 4) is 0 Å². The van der Waals surface area contributed by atoms with E-state index >= 15 is 0 Å². The van der Waals surface area contributed by atoms with Crippen molar-refractivity contribution in [2.75, 3.05) is 0 Å². The summed E-state index contributed by atoms with van der Waals surface area (Å²) in [6.45, 7) is 0.363. The number of rotatable bonds is 8. The van der Waals surface area contributed by atoms with Gasteiger partial charge in [0.2, 0.25) is 5.91 Å². The number of hydrogen-bond donors (Lipinski definition) is 1. The van der Waals surface area contributed by atoms with Gasteiger partial charge in [0.05, 0.1) is 12.8 Å². The van der Waals surface area contributed by atoms with Gasteiger partial charge < -0.3 is 10.2 Å². The van der Waals surface area contributed by atoms with Gasteiger partial charge >= 0.3 is 0 Å². The number of hydrogen-bond acceptors (Lipinski definition) is 5. The number of primary amides is 1. The molecule has 0 unspecified atom stereocenters. The van der Waals surface area contributed by atoms with Crippen molar-refractivity contribution in [1.82, 2.24) is 14.8 Å². The molecule has 1 aromatic carbocycles. The molecule has 0 atom stereocenters. The average molecular weight is 378 g/mol. The fraction of sp³-hybridized carbons (Fsp3) is 0.235. The third-order valence-corrected chi connectivity index (χ3v) is 4.69. The van der Waals surface area contributed by atoms with Crippen LogP contribution in [0.3, 0.4) is 0 Å². The van der Waals surface area contributed by atoms with Gasteiger partial charge in [0.1, 0.15) is 11.6 Å². The highest BCUT2D eigenvalue weighted by atomic mass is 32.2. The lowest BCUT2D eigenvalue weighted by atomic mass is 10.2. The van der Waals surface area contributed by atoms with Crippen molar-refractivity contribution < 1.29 is 18.0 Å². The summed E-state index contributed by atoms with van der Waals surface area (Å²) in [5, 5.41) is 8.72. The first kappa shape index (κ1) is 18.1. The van der Waals surface area contributed by atoms with Crippen molar-refractivity contribution >= 4 is 17.7 Å². The summed E-state index contributed by atoms with van der Waals surface area (Å²) >= 11 is 1.22. The number of thioether (sulfide) groups is 1.